The first-order chi connectivity index (χ1) is 14.5. The van der Waals surface area contributed by atoms with E-state index in [0.717, 1.165) is 5.56 Å². The number of methoxy groups -OCH3 is 1. The Kier molecular flexibility index (Phi) is 5.33. The van der Waals surface area contributed by atoms with Crippen molar-refractivity contribution >= 4 is 15.7 Å². The summed E-state index contributed by atoms with van der Waals surface area (Å²) in [6.07, 6.45) is 1.55. The molecule has 1 N–H and O–H groups in total. The van der Waals surface area contributed by atoms with Crippen LogP contribution in [0.3, 0.4) is 0 Å². The smallest absolute Gasteiger partial charge is 0.234 e. The summed E-state index contributed by atoms with van der Waals surface area (Å²) in [6.45, 7) is 2.14. The van der Waals surface area contributed by atoms with Gasteiger partial charge in [-0.25, -0.2) is 8.42 Å². The Morgan fingerprint density at radius 1 is 1.03 bits per heavy atom. The lowest BCUT2D eigenvalue weighted by atomic mass is 10.2. The zero-order valence-corrected chi connectivity index (χ0v) is 17.3. The number of aromatic nitrogens is 1. The number of oxazole rings is 1. The number of ether oxygens (including phenoxy) is 1. The number of sulfone groups is 1. The van der Waals surface area contributed by atoms with Gasteiger partial charge in [0.15, 0.2) is 0 Å². The van der Waals surface area contributed by atoms with Crippen LogP contribution in [-0.2, 0) is 16.4 Å². The standard InChI is InChI=1S/C22H20N2O5S/c1-15-5-11-19(12-6-15)30(25,26)22-21(23-14-18-4-3-13-28-18)29-20(24-22)16-7-9-17(27-2)10-8-16/h3-13,23H,14H2,1-2H3. The summed E-state index contributed by atoms with van der Waals surface area (Å²) in [5, 5.41) is 2.81. The van der Waals surface area contributed by atoms with Gasteiger partial charge in [-0.2, -0.15) is 4.98 Å². The summed E-state index contributed by atoms with van der Waals surface area (Å²) in [7, 11) is -2.33. The van der Waals surface area contributed by atoms with E-state index in [0.29, 0.717) is 17.1 Å². The number of aryl methyl sites for hydroxylation is 1. The third-order valence-corrected chi connectivity index (χ3v) is 6.20. The molecular weight excluding hydrogens is 404 g/mol. The van der Waals surface area contributed by atoms with Crippen LogP contribution in [0, 0.1) is 6.92 Å². The van der Waals surface area contributed by atoms with Crippen LogP contribution in [0.15, 0.2) is 85.7 Å². The number of anilines is 1. The van der Waals surface area contributed by atoms with Crippen LogP contribution in [0.25, 0.3) is 11.5 Å². The highest BCUT2D eigenvalue weighted by molar-refractivity contribution is 7.91. The molecule has 0 radical (unpaired) electrons. The van der Waals surface area contributed by atoms with Crippen LogP contribution >= 0.6 is 0 Å². The number of furan rings is 1. The molecule has 0 unspecified atom stereocenters. The third kappa shape index (κ3) is 3.95. The van der Waals surface area contributed by atoms with Crippen molar-refractivity contribution in [3.8, 4) is 17.2 Å². The van der Waals surface area contributed by atoms with Gasteiger partial charge in [0.05, 0.1) is 24.8 Å². The van der Waals surface area contributed by atoms with Gasteiger partial charge in [0, 0.05) is 5.56 Å². The normalized spacial score (nSPS) is 11.4. The second kappa shape index (κ2) is 8.08. The summed E-state index contributed by atoms with van der Waals surface area (Å²) in [5.74, 6) is 1.55. The van der Waals surface area contributed by atoms with Crippen molar-refractivity contribution in [3.05, 3.63) is 78.3 Å². The molecule has 0 bridgehead atoms. The number of nitrogens with one attached hydrogen (secondary N) is 1. The molecule has 4 aromatic rings. The Morgan fingerprint density at radius 3 is 2.40 bits per heavy atom. The summed E-state index contributed by atoms with van der Waals surface area (Å²) in [4.78, 5) is 4.46. The molecule has 0 fully saturated rings. The maximum atomic E-state index is 13.3. The van der Waals surface area contributed by atoms with E-state index in [2.05, 4.69) is 10.3 Å². The van der Waals surface area contributed by atoms with Gasteiger partial charge < -0.3 is 18.9 Å². The molecule has 0 amide bonds. The van der Waals surface area contributed by atoms with E-state index < -0.39 is 9.84 Å². The van der Waals surface area contributed by atoms with E-state index in [9.17, 15) is 8.42 Å². The lowest BCUT2D eigenvalue weighted by Crippen LogP contribution is -2.07. The van der Waals surface area contributed by atoms with E-state index in [1.165, 1.54) is 0 Å². The molecule has 0 aliphatic rings. The zero-order valence-electron chi connectivity index (χ0n) is 16.5. The Labute approximate surface area is 174 Å². The molecule has 2 heterocycles. The molecule has 154 valence electrons. The summed E-state index contributed by atoms with van der Waals surface area (Å²) in [6, 6.07) is 17.2. The van der Waals surface area contributed by atoms with Crippen molar-refractivity contribution in [2.45, 2.75) is 23.4 Å². The SMILES string of the molecule is COc1ccc(-c2nc(S(=O)(=O)c3ccc(C)cc3)c(NCc3ccco3)o2)cc1. The number of benzene rings is 2. The molecule has 0 spiro atoms. The van der Waals surface area contributed by atoms with Crippen molar-refractivity contribution in [2.24, 2.45) is 0 Å². The zero-order chi connectivity index (χ0) is 21.1. The van der Waals surface area contributed by atoms with Crippen LogP contribution in [-0.4, -0.2) is 20.5 Å². The largest absolute Gasteiger partial charge is 0.497 e. The van der Waals surface area contributed by atoms with Gasteiger partial charge >= 0.3 is 0 Å². The molecule has 0 atom stereocenters. The lowest BCUT2D eigenvalue weighted by molar-refractivity contribution is 0.415. The van der Waals surface area contributed by atoms with Crippen molar-refractivity contribution < 1.29 is 22.0 Å². The minimum absolute atomic E-state index is 0.0535. The predicted octanol–water partition coefficient (Wildman–Crippen LogP) is 4.70. The minimum Gasteiger partial charge on any atom is -0.497 e. The second-order valence-corrected chi connectivity index (χ2v) is 8.50. The van der Waals surface area contributed by atoms with Crippen molar-refractivity contribution in [2.75, 3.05) is 12.4 Å². The summed E-state index contributed by atoms with van der Waals surface area (Å²) >= 11 is 0. The first kappa shape index (κ1) is 19.8. The molecule has 0 saturated carbocycles. The predicted molar refractivity (Wildman–Crippen MR) is 111 cm³/mol. The van der Waals surface area contributed by atoms with Gasteiger partial charge in [-0.05, 0) is 55.5 Å². The van der Waals surface area contributed by atoms with Gasteiger partial charge in [0.1, 0.15) is 11.5 Å². The Bertz CT molecular complexity index is 1230. The number of hydrogen-bond donors (Lipinski definition) is 1. The monoisotopic (exact) mass is 424 g/mol. The molecule has 4 rings (SSSR count). The van der Waals surface area contributed by atoms with E-state index in [1.54, 1.807) is 74.0 Å². The van der Waals surface area contributed by atoms with Crippen molar-refractivity contribution in [1.29, 1.82) is 0 Å². The minimum atomic E-state index is -3.90. The average molecular weight is 424 g/mol. The summed E-state index contributed by atoms with van der Waals surface area (Å²) in [5.41, 5.74) is 1.59. The van der Waals surface area contributed by atoms with E-state index in [4.69, 9.17) is 13.6 Å². The number of hydrogen-bond acceptors (Lipinski definition) is 7. The number of rotatable bonds is 7. The molecule has 8 heteroatoms. The molecule has 7 nitrogen and oxygen atoms in total. The fourth-order valence-electron chi connectivity index (χ4n) is 2.87. The van der Waals surface area contributed by atoms with Crippen molar-refractivity contribution in [3.63, 3.8) is 0 Å². The van der Waals surface area contributed by atoms with Gasteiger partial charge in [-0.15, -0.1) is 0 Å². The fraction of sp³-hybridized carbons (Fsp3) is 0.136. The average Bonchev–Trinajstić information content (AvgIpc) is 3.43. The highest BCUT2D eigenvalue weighted by Crippen LogP contribution is 2.33. The van der Waals surface area contributed by atoms with Gasteiger partial charge in [0.25, 0.3) is 0 Å². The van der Waals surface area contributed by atoms with Gasteiger partial charge in [0.2, 0.25) is 26.6 Å². The van der Waals surface area contributed by atoms with Crippen molar-refractivity contribution in [1.82, 2.24) is 4.98 Å². The van der Waals surface area contributed by atoms with E-state index >= 15 is 0 Å². The van der Waals surface area contributed by atoms with Crippen LogP contribution in [0.1, 0.15) is 11.3 Å². The first-order valence-electron chi connectivity index (χ1n) is 9.20. The van der Waals surface area contributed by atoms with E-state index in [-0.39, 0.29) is 28.2 Å². The topological polar surface area (TPSA) is 94.6 Å². The number of nitrogens with zero attached hydrogens (tertiary/aromatic N) is 1. The molecule has 0 aliphatic heterocycles. The Hall–Kier alpha value is -3.52. The van der Waals surface area contributed by atoms with E-state index in [1.807, 2.05) is 6.92 Å². The quantitative estimate of drug-likeness (QED) is 0.460. The maximum absolute atomic E-state index is 13.3. The maximum Gasteiger partial charge on any atom is 0.234 e. The lowest BCUT2D eigenvalue weighted by Gasteiger charge is -2.05. The third-order valence-electron chi connectivity index (χ3n) is 4.52. The molecule has 0 aliphatic carbocycles. The second-order valence-electron chi connectivity index (χ2n) is 6.63. The molecule has 30 heavy (non-hydrogen) atoms. The molecule has 2 aromatic heterocycles. The Morgan fingerprint density at radius 2 is 1.77 bits per heavy atom. The molecule has 0 saturated heterocycles. The van der Waals surface area contributed by atoms with Gasteiger partial charge in [-0.3, -0.25) is 0 Å². The molecular formula is C22H20N2O5S. The summed E-state index contributed by atoms with van der Waals surface area (Å²) < 4.78 is 42.8. The van der Waals surface area contributed by atoms with Crippen LogP contribution in [0.5, 0.6) is 5.75 Å². The fourth-order valence-corrected chi connectivity index (χ4v) is 4.15. The highest BCUT2D eigenvalue weighted by atomic mass is 32.2. The highest BCUT2D eigenvalue weighted by Gasteiger charge is 2.28. The van der Waals surface area contributed by atoms with Crippen LogP contribution < -0.4 is 10.1 Å². The van der Waals surface area contributed by atoms with Crippen LogP contribution in [0.4, 0.5) is 5.88 Å². The van der Waals surface area contributed by atoms with Crippen LogP contribution in [0.2, 0.25) is 0 Å². The first-order valence-corrected chi connectivity index (χ1v) is 10.7. The van der Waals surface area contributed by atoms with Gasteiger partial charge in [-0.1, -0.05) is 17.7 Å². The Balaban J connectivity index is 1.75. The molecule has 2 aromatic carbocycles.